The molecule has 0 aromatic heterocycles. The molecule has 2 aromatic carbocycles. The summed E-state index contributed by atoms with van der Waals surface area (Å²) in [6.45, 7) is 9.34. The topological polar surface area (TPSA) is 66.3 Å². The molecule has 1 N–H and O–H groups in total. The lowest BCUT2D eigenvalue weighted by atomic mass is 9.98. The minimum absolute atomic E-state index is 0.0400. The molecular weight excluding hydrogens is 432 g/mol. The molecule has 2 aliphatic heterocycles. The standard InChI is InChI=1S/C26H32N4O2S/c1-5-30-14-12-26(13-15-30)28-24(20-7-10-22(32-4)11-8-20)25(29-26)33-17-23(31)27-21-9-6-18(2)19(3)16-21/h6-11,16H,5,12-15,17H2,1-4H3,(H,27,31). The van der Waals surface area contributed by atoms with Gasteiger partial charge in [-0.05, 0) is 67.9 Å². The monoisotopic (exact) mass is 464 g/mol. The number of likely N-dealkylation sites (tertiary alicyclic amines) is 1. The number of thioether (sulfide) groups is 1. The average Bonchev–Trinajstić information content (AvgIpc) is 3.18. The van der Waals surface area contributed by atoms with Crippen molar-refractivity contribution in [1.82, 2.24) is 4.90 Å². The number of nitrogens with one attached hydrogen (secondary N) is 1. The van der Waals surface area contributed by atoms with Crippen LogP contribution in [0.5, 0.6) is 5.75 Å². The first-order valence-electron chi connectivity index (χ1n) is 11.5. The van der Waals surface area contributed by atoms with Crippen molar-refractivity contribution in [3.8, 4) is 5.75 Å². The molecule has 0 bridgehead atoms. The fraction of sp³-hybridized carbons (Fsp3) is 0.423. The van der Waals surface area contributed by atoms with E-state index in [4.69, 9.17) is 14.7 Å². The van der Waals surface area contributed by atoms with Crippen molar-refractivity contribution in [3.05, 3.63) is 59.2 Å². The molecule has 0 unspecified atom stereocenters. The van der Waals surface area contributed by atoms with Crippen molar-refractivity contribution < 1.29 is 9.53 Å². The Bertz CT molecular complexity index is 1070. The van der Waals surface area contributed by atoms with E-state index in [-0.39, 0.29) is 11.7 Å². The number of nitrogens with zero attached hydrogens (tertiary/aromatic N) is 3. The Balaban J connectivity index is 1.50. The van der Waals surface area contributed by atoms with Crippen molar-refractivity contribution in [3.63, 3.8) is 0 Å². The first kappa shape index (κ1) is 23.5. The van der Waals surface area contributed by atoms with Gasteiger partial charge in [-0.3, -0.25) is 9.79 Å². The Morgan fingerprint density at radius 2 is 1.82 bits per heavy atom. The van der Waals surface area contributed by atoms with E-state index in [9.17, 15) is 4.79 Å². The second-order valence-corrected chi connectivity index (χ2v) is 9.62. The number of carbonyl (C=O) groups is 1. The average molecular weight is 465 g/mol. The van der Waals surface area contributed by atoms with Crippen LogP contribution in [0.25, 0.3) is 0 Å². The number of rotatable bonds is 6. The van der Waals surface area contributed by atoms with Crippen LogP contribution in [0.2, 0.25) is 0 Å². The zero-order valence-corrected chi connectivity index (χ0v) is 20.7. The highest BCUT2D eigenvalue weighted by Gasteiger charge is 2.39. The number of amides is 1. The van der Waals surface area contributed by atoms with Gasteiger partial charge in [0.25, 0.3) is 0 Å². The number of piperidine rings is 1. The van der Waals surface area contributed by atoms with Crippen molar-refractivity contribution in [2.24, 2.45) is 9.98 Å². The third kappa shape index (κ3) is 5.47. The fourth-order valence-corrected chi connectivity index (χ4v) is 5.04. The summed E-state index contributed by atoms with van der Waals surface area (Å²) in [4.78, 5) is 25.3. The van der Waals surface area contributed by atoms with Gasteiger partial charge < -0.3 is 15.0 Å². The Labute approximate surface area is 200 Å². The Morgan fingerprint density at radius 3 is 2.45 bits per heavy atom. The smallest absolute Gasteiger partial charge is 0.234 e. The lowest BCUT2D eigenvalue weighted by Crippen LogP contribution is -2.41. The van der Waals surface area contributed by atoms with E-state index in [0.717, 1.165) is 65.8 Å². The van der Waals surface area contributed by atoms with Gasteiger partial charge >= 0.3 is 0 Å². The van der Waals surface area contributed by atoms with Crippen LogP contribution in [0, 0.1) is 13.8 Å². The molecule has 1 spiro atoms. The molecule has 0 radical (unpaired) electrons. The van der Waals surface area contributed by atoms with Gasteiger partial charge in [-0.15, -0.1) is 0 Å². The van der Waals surface area contributed by atoms with Crippen LogP contribution in [0.4, 0.5) is 5.69 Å². The minimum atomic E-state index is -0.409. The van der Waals surface area contributed by atoms with Crippen LogP contribution < -0.4 is 10.1 Å². The first-order valence-corrected chi connectivity index (χ1v) is 12.5. The molecule has 1 saturated heterocycles. The zero-order chi connectivity index (χ0) is 23.4. The number of carbonyl (C=O) groups excluding carboxylic acids is 1. The van der Waals surface area contributed by atoms with Gasteiger partial charge in [0.2, 0.25) is 5.91 Å². The second kappa shape index (κ2) is 10.1. The molecule has 6 nitrogen and oxygen atoms in total. The van der Waals surface area contributed by atoms with Gasteiger partial charge in [0.1, 0.15) is 10.8 Å². The number of anilines is 1. The van der Waals surface area contributed by atoms with Gasteiger partial charge in [0.05, 0.1) is 18.6 Å². The van der Waals surface area contributed by atoms with Crippen molar-refractivity contribution >= 4 is 34.1 Å². The molecule has 2 heterocycles. The highest BCUT2D eigenvalue weighted by atomic mass is 32.2. The predicted molar refractivity (Wildman–Crippen MR) is 138 cm³/mol. The van der Waals surface area contributed by atoms with E-state index in [2.05, 4.69) is 24.1 Å². The summed E-state index contributed by atoms with van der Waals surface area (Å²) < 4.78 is 5.31. The number of hydrogen-bond acceptors (Lipinski definition) is 6. The summed E-state index contributed by atoms with van der Waals surface area (Å²) in [5, 5.41) is 3.86. The van der Waals surface area contributed by atoms with Crippen LogP contribution in [0.3, 0.4) is 0 Å². The molecule has 2 aliphatic rings. The van der Waals surface area contributed by atoms with Crippen LogP contribution in [0.15, 0.2) is 52.4 Å². The third-order valence-electron chi connectivity index (χ3n) is 6.43. The van der Waals surface area contributed by atoms with E-state index in [0.29, 0.717) is 0 Å². The van der Waals surface area contributed by atoms with Crippen LogP contribution in [0.1, 0.15) is 36.5 Å². The quantitative estimate of drug-likeness (QED) is 0.673. The fourth-order valence-electron chi connectivity index (χ4n) is 4.16. The van der Waals surface area contributed by atoms with Gasteiger partial charge in [-0.25, -0.2) is 4.99 Å². The summed E-state index contributed by atoms with van der Waals surface area (Å²) in [6.07, 6.45) is 1.80. The highest BCUT2D eigenvalue weighted by Crippen LogP contribution is 2.35. The van der Waals surface area contributed by atoms with Gasteiger partial charge in [0, 0.05) is 37.2 Å². The van der Waals surface area contributed by atoms with Crippen molar-refractivity contribution in [1.29, 1.82) is 0 Å². The number of ether oxygens (including phenoxy) is 1. The van der Waals surface area contributed by atoms with Gasteiger partial charge in [-0.1, -0.05) is 24.8 Å². The van der Waals surface area contributed by atoms with Crippen LogP contribution in [-0.2, 0) is 4.79 Å². The highest BCUT2D eigenvalue weighted by molar-refractivity contribution is 8.16. The number of aliphatic imine (C=N–C) groups is 2. The molecule has 0 atom stereocenters. The summed E-state index contributed by atoms with van der Waals surface area (Å²) >= 11 is 1.47. The minimum Gasteiger partial charge on any atom is -0.497 e. The van der Waals surface area contributed by atoms with E-state index >= 15 is 0 Å². The van der Waals surface area contributed by atoms with Crippen LogP contribution >= 0.6 is 11.8 Å². The molecule has 174 valence electrons. The molecule has 1 fully saturated rings. The maximum atomic E-state index is 12.7. The Morgan fingerprint density at radius 1 is 1.09 bits per heavy atom. The number of aryl methyl sites for hydroxylation is 2. The molecule has 0 saturated carbocycles. The first-order chi connectivity index (χ1) is 15.9. The van der Waals surface area contributed by atoms with Gasteiger partial charge in [-0.2, -0.15) is 0 Å². The lowest BCUT2D eigenvalue weighted by molar-refractivity contribution is -0.113. The van der Waals surface area contributed by atoms with E-state index in [1.807, 2.05) is 49.4 Å². The lowest BCUT2D eigenvalue weighted by Gasteiger charge is -2.34. The molecule has 0 aliphatic carbocycles. The maximum absolute atomic E-state index is 12.7. The Hall–Kier alpha value is -2.64. The molecule has 4 rings (SSSR count). The van der Waals surface area contributed by atoms with Crippen molar-refractivity contribution in [2.75, 3.05) is 37.8 Å². The molecular formula is C26H32N4O2S. The zero-order valence-electron chi connectivity index (χ0n) is 19.9. The maximum Gasteiger partial charge on any atom is 0.234 e. The summed E-state index contributed by atoms with van der Waals surface area (Å²) in [5.74, 6) is 1.06. The van der Waals surface area contributed by atoms with E-state index < -0.39 is 5.66 Å². The van der Waals surface area contributed by atoms with E-state index in [1.54, 1.807) is 7.11 Å². The Kier molecular flexibility index (Phi) is 7.20. The number of methoxy groups -OCH3 is 1. The van der Waals surface area contributed by atoms with E-state index in [1.165, 1.54) is 17.3 Å². The molecule has 1 amide bonds. The summed E-state index contributed by atoms with van der Waals surface area (Å²) in [6, 6.07) is 13.9. The molecule has 2 aromatic rings. The van der Waals surface area contributed by atoms with Gasteiger partial charge in [0.15, 0.2) is 5.66 Å². The molecule has 33 heavy (non-hydrogen) atoms. The van der Waals surface area contributed by atoms with Crippen molar-refractivity contribution in [2.45, 2.75) is 39.3 Å². The van der Waals surface area contributed by atoms with Crippen LogP contribution in [-0.4, -0.2) is 59.7 Å². The SMILES string of the molecule is CCN1CCC2(CC1)N=C(SCC(=O)Nc1ccc(C)c(C)c1)C(c1ccc(OC)cc1)=N2. The second-order valence-electron chi connectivity index (χ2n) is 8.66. The normalized spacial score (nSPS) is 17.6. The number of benzene rings is 2. The summed E-state index contributed by atoms with van der Waals surface area (Å²) in [5.41, 5.74) is 4.67. The molecule has 7 heteroatoms. The summed E-state index contributed by atoms with van der Waals surface area (Å²) in [7, 11) is 1.66. The number of hydrogen-bond donors (Lipinski definition) is 1. The largest absolute Gasteiger partial charge is 0.497 e. The predicted octanol–water partition coefficient (Wildman–Crippen LogP) is 4.70. The third-order valence-corrected chi connectivity index (χ3v) is 7.39.